The molecule has 6 nitrogen and oxygen atoms in total. The molecule has 0 aromatic rings. The number of ketones is 1. The third-order valence-corrected chi connectivity index (χ3v) is 12.0. The van der Waals surface area contributed by atoms with Gasteiger partial charge in [0, 0.05) is 17.3 Å². The lowest BCUT2D eigenvalue weighted by molar-refractivity contribution is -0.270. The van der Waals surface area contributed by atoms with Crippen molar-refractivity contribution in [3.8, 4) is 0 Å². The molecule has 0 aromatic heterocycles. The molecule has 1 saturated heterocycles. The maximum Gasteiger partial charge on any atom is 0.309 e. The maximum atomic E-state index is 13.8. The van der Waals surface area contributed by atoms with Gasteiger partial charge in [0.05, 0.1) is 12.0 Å². The number of esters is 1. The van der Waals surface area contributed by atoms with Crippen molar-refractivity contribution < 1.29 is 29.6 Å². The molecule has 2 N–H and O–H groups in total. The van der Waals surface area contributed by atoms with Gasteiger partial charge in [-0.05, 0) is 85.7 Å². The zero-order chi connectivity index (χ0) is 26.4. The van der Waals surface area contributed by atoms with Crippen molar-refractivity contribution in [2.45, 2.75) is 105 Å². The van der Waals surface area contributed by atoms with Crippen LogP contribution in [0, 0.1) is 45.3 Å². The van der Waals surface area contributed by atoms with Gasteiger partial charge in [-0.25, -0.2) is 4.89 Å². The maximum absolute atomic E-state index is 13.8. The lowest BCUT2D eigenvalue weighted by Crippen LogP contribution is -2.60. The minimum absolute atomic E-state index is 0.0755. The molecule has 5 rings (SSSR count). The third-order valence-electron chi connectivity index (χ3n) is 12.0. The fraction of sp³-hybridized carbons (Fsp3) is 0.800. The number of carbonyl (C=O) groups excluding carboxylic acids is 2. The number of aliphatic hydroxyl groups excluding tert-OH is 1. The summed E-state index contributed by atoms with van der Waals surface area (Å²) in [7, 11) is 0. The molecule has 1 heterocycles. The number of aliphatic hydroxyl groups is 1. The highest BCUT2D eigenvalue weighted by Crippen LogP contribution is 2.74. The summed E-state index contributed by atoms with van der Waals surface area (Å²) in [5.41, 5.74) is 0.982. The summed E-state index contributed by atoms with van der Waals surface area (Å²) in [5, 5.41) is 20.1. The van der Waals surface area contributed by atoms with Crippen molar-refractivity contribution in [3.63, 3.8) is 0 Å². The Morgan fingerprint density at radius 3 is 2.53 bits per heavy atom. The first-order valence-corrected chi connectivity index (χ1v) is 13.8. The Labute approximate surface area is 215 Å². The lowest BCUT2D eigenvalue weighted by atomic mass is 9.40. The molecule has 0 bridgehead atoms. The van der Waals surface area contributed by atoms with E-state index in [1.165, 1.54) is 5.57 Å². The van der Waals surface area contributed by atoms with E-state index in [1.54, 1.807) is 0 Å². The van der Waals surface area contributed by atoms with Crippen LogP contribution in [0.4, 0.5) is 0 Å². The fourth-order valence-electron chi connectivity index (χ4n) is 9.89. The lowest BCUT2D eigenvalue weighted by Gasteiger charge is -2.63. The zero-order valence-corrected chi connectivity index (χ0v) is 22.8. The molecular formula is C30H44O6. The van der Waals surface area contributed by atoms with Crippen LogP contribution in [0.5, 0.6) is 0 Å². The van der Waals surface area contributed by atoms with Gasteiger partial charge in [-0.1, -0.05) is 46.8 Å². The average Bonchev–Trinajstić information content (AvgIpc) is 3.20. The molecular weight excluding hydrogens is 456 g/mol. The van der Waals surface area contributed by atoms with E-state index in [9.17, 15) is 20.0 Å². The first kappa shape index (κ1) is 26.1. The Hall–Kier alpha value is -1.50. The van der Waals surface area contributed by atoms with Crippen LogP contribution in [0.3, 0.4) is 0 Å². The average molecular weight is 501 g/mol. The molecule has 0 spiro atoms. The van der Waals surface area contributed by atoms with Gasteiger partial charge in [0.2, 0.25) is 0 Å². The van der Waals surface area contributed by atoms with Gasteiger partial charge in [-0.2, -0.15) is 0 Å². The van der Waals surface area contributed by atoms with Crippen LogP contribution >= 0.6 is 0 Å². The van der Waals surface area contributed by atoms with Gasteiger partial charge >= 0.3 is 5.97 Å². The highest BCUT2D eigenvalue weighted by molar-refractivity contribution is 5.95. The molecule has 4 aliphatic carbocycles. The normalized spacial score (nSPS) is 47.7. The quantitative estimate of drug-likeness (QED) is 0.224. The number of carbonyl (C=O) groups is 2. The smallest absolute Gasteiger partial charge is 0.309 e. The molecule has 36 heavy (non-hydrogen) atoms. The monoisotopic (exact) mass is 500 g/mol. The van der Waals surface area contributed by atoms with Crippen molar-refractivity contribution in [1.29, 1.82) is 0 Å². The van der Waals surface area contributed by atoms with E-state index >= 15 is 0 Å². The van der Waals surface area contributed by atoms with Gasteiger partial charge in [-0.15, -0.1) is 0 Å². The number of ether oxygens (including phenoxy) is 1. The Balaban J connectivity index is 1.50. The van der Waals surface area contributed by atoms with Gasteiger partial charge in [0.15, 0.2) is 5.78 Å². The highest BCUT2D eigenvalue weighted by atomic mass is 17.1. The predicted octanol–water partition coefficient (Wildman–Crippen LogP) is 5.50. The van der Waals surface area contributed by atoms with Crippen LogP contribution in [0.1, 0.15) is 86.5 Å². The van der Waals surface area contributed by atoms with E-state index in [0.29, 0.717) is 18.8 Å². The summed E-state index contributed by atoms with van der Waals surface area (Å²) < 4.78 is 6.02. The van der Waals surface area contributed by atoms with E-state index in [4.69, 9.17) is 4.74 Å². The number of allylic oxidation sites excluding steroid dienone is 2. The largest absolute Gasteiger partial charge is 0.462 e. The van der Waals surface area contributed by atoms with Gasteiger partial charge in [0.1, 0.15) is 12.2 Å². The number of fused-ring (bicyclic) bond motifs is 7. The molecule has 200 valence electrons. The fourth-order valence-corrected chi connectivity index (χ4v) is 9.89. The van der Waals surface area contributed by atoms with Crippen molar-refractivity contribution >= 4 is 11.8 Å². The van der Waals surface area contributed by atoms with E-state index in [2.05, 4.69) is 46.1 Å². The van der Waals surface area contributed by atoms with Crippen molar-refractivity contribution in [2.75, 3.05) is 0 Å². The molecule has 4 fully saturated rings. The summed E-state index contributed by atoms with van der Waals surface area (Å²) >= 11 is 0. The van der Waals surface area contributed by atoms with Crippen LogP contribution < -0.4 is 0 Å². The van der Waals surface area contributed by atoms with E-state index in [0.717, 1.165) is 37.7 Å². The van der Waals surface area contributed by atoms with E-state index in [-0.39, 0.29) is 51.9 Å². The van der Waals surface area contributed by atoms with Crippen LogP contribution in [0.25, 0.3) is 0 Å². The topological polar surface area (TPSA) is 93.1 Å². The zero-order valence-electron chi connectivity index (χ0n) is 22.8. The standard InChI is InChI=1S/C30H44O6/c1-16(2)21(36-34)9-8-17-24-22(35-26(17)33)15-30(7)19-14-20(31)25-27(3,4)23(32)11-12-28(25,5)18(19)10-13-29(24,30)6/h14,17-18,21-25,32,34H,1,8-13,15H2,2-7H3. The highest BCUT2D eigenvalue weighted by Gasteiger charge is 2.71. The summed E-state index contributed by atoms with van der Waals surface area (Å²) in [6.45, 7) is 16.7. The molecule has 10 atom stereocenters. The Bertz CT molecular complexity index is 1010. The van der Waals surface area contributed by atoms with Gasteiger partial charge < -0.3 is 9.84 Å². The van der Waals surface area contributed by atoms with E-state index in [1.807, 2.05) is 13.0 Å². The SMILES string of the molecule is C=C(C)C(CCC1C(=O)OC2CC3(C)C4=CC(=O)C5C(C)(C)C(O)CCC5(C)C4CCC3(C)C21)OO. The second-order valence-electron chi connectivity index (χ2n) is 14.0. The molecule has 3 saturated carbocycles. The molecule has 0 amide bonds. The molecule has 10 unspecified atom stereocenters. The van der Waals surface area contributed by atoms with Crippen molar-refractivity contribution in [1.82, 2.24) is 0 Å². The number of hydrogen-bond acceptors (Lipinski definition) is 6. The Morgan fingerprint density at radius 1 is 1.19 bits per heavy atom. The second-order valence-corrected chi connectivity index (χ2v) is 14.0. The first-order chi connectivity index (χ1) is 16.7. The third kappa shape index (κ3) is 3.26. The summed E-state index contributed by atoms with van der Waals surface area (Å²) in [6.07, 6.45) is 6.25. The molecule has 0 radical (unpaired) electrons. The van der Waals surface area contributed by atoms with Gasteiger partial charge in [-0.3, -0.25) is 14.8 Å². The number of hydrogen-bond donors (Lipinski definition) is 2. The van der Waals surface area contributed by atoms with E-state index < -0.39 is 17.6 Å². The summed E-state index contributed by atoms with van der Waals surface area (Å²) in [5.74, 6) is -0.0347. The van der Waals surface area contributed by atoms with Crippen molar-refractivity contribution in [3.05, 3.63) is 23.8 Å². The van der Waals surface area contributed by atoms with Crippen LogP contribution in [0.15, 0.2) is 23.8 Å². The van der Waals surface area contributed by atoms with Gasteiger partial charge in [0.25, 0.3) is 0 Å². The molecule has 5 aliphatic rings. The van der Waals surface area contributed by atoms with Crippen molar-refractivity contribution in [2.24, 2.45) is 45.3 Å². The first-order valence-electron chi connectivity index (χ1n) is 13.8. The molecule has 1 aliphatic heterocycles. The van der Waals surface area contributed by atoms with Crippen LogP contribution in [-0.4, -0.2) is 40.4 Å². The minimum atomic E-state index is -0.492. The predicted molar refractivity (Wildman–Crippen MR) is 136 cm³/mol. The Morgan fingerprint density at radius 2 is 1.89 bits per heavy atom. The van der Waals surface area contributed by atoms with Crippen LogP contribution in [0.2, 0.25) is 0 Å². The Kier molecular flexibility index (Phi) is 5.98. The minimum Gasteiger partial charge on any atom is -0.462 e. The molecule has 0 aromatic carbocycles. The van der Waals surface area contributed by atoms with Crippen LogP contribution in [-0.2, 0) is 19.2 Å². The summed E-state index contributed by atoms with van der Waals surface area (Å²) in [4.78, 5) is 31.4. The summed E-state index contributed by atoms with van der Waals surface area (Å²) in [6, 6.07) is 0. The second kappa shape index (κ2) is 8.25. The number of rotatable bonds is 5. The molecule has 6 heteroatoms.